The SMILES string of the molecule is CC(=O)N1C(=O)C2(C=C(C)OC2C)Cc2ccccc21.CC1OC(c2ccccc2)=CC12Cc1ccccc1N(C)C2=O.CCN1C(=O)C2(C=C(C)OC2C)Cc2ccccc21.CN1C(=O)C2(C=C(c3ccccc3)OC2c2ccccc2)Cc2ccccc21. The highest BCUT2D eigenvalue weighted by molar-refractivity contribution is 6.18. The minimum atomic E-state index is -0.760. The van der Waals surface area contributed by atoms with Crippen LogP contribution in [-0.2, 0) is 68.6 Å². The van der Waals surface area contributed by atoms with E-state index in [1.165, 1.54) is 28.5 Å². The molecule has 0 saturated heterocycles. The molecule has 458 valence electrons. The molecule has 4 spiro atoms. The van der Waals surface area contributed by atoms with Gasteiger partial charge in [-0.3, -0.25) is 24.0 Å². The fraction of sp³-hybridized carbons (Fsp3) is 0.286. The molecule has 5 amide bonds. The molecule has 7 aromatic carbocycles. The molecule has 0 aliphatic carbocycles. The standard InChI is InChI=1S/C25H21NO2.C20H19NO2.C16H17NO3.C16H19NO2/c1-26-21-15-9-8-14-20(21)16-25(24(26)27)17-22(18-10-4-2-5-11-18)28-23(25)19-12-6-3-7-13-19;1-14-20(13-18(23-14)15-8-4-3-5-9-15)12-16-10-6-7-11-17(16)21(2)19(20)22;1-10-8-16(11(2)20-10)9-13-6-4-5-7-14(13)17(12(3)18)15(16)19;1-4-17-14-8-6-5-7-13(14)10-16(15(17)18)9-11(2)19-12(16)3/h2-15,17,23H,16H2,1H3;3-11,13-14H,12H2,1-2H3;4-8,11H,9H2,1-3H3;5-9,12H,4,10H2,1-3H3. The van der Waals surface area contributed by atoms with E-state index in [1.807, 2.05) is 249 Å². The van der Waals surface area contributed by atoms with Crippen LogP contribution in [0.15, 0.2) is 224 Å². The van der Waals surface area contributed by atoms with E-state index < -0.39 is 21.7 Å². The Morgan fingerprint density at radius 2 is 0.778 bits per heavy atom. The first-order chi connectivity index (χ1) is 43.3. The first-order valence-corrected chi connectivity index (χ1v) is 31.1. The number of hydrogen-bond donors (Lipinski definition) is 0. The van der Waals surface area contributed by atoms with Gasteiger partial charge in [-0.2, -0.15) is 0 Å². The van der Waals surface area contributed by atoms with Gasteiger partial charge < -0.3 is 33.6 Å². The average molecular weight is 1200 g/mol. The average Bonchev–Trinajstić information content (AvgIpc) is 1.51. The topological polar surface area (TPSA) is 135 Å². The fourth-order valence-electron chi connectivity index (χ4n) is 14.7. The van der Waals surface area contributed by atoms with Crippen LogP contribution in [0, 0.1) is 21.7 Å². The number of benzene rings is 7. The first-order valence-electron chi connectivity index (χ1n) is 31.1. The second kappa shape index (κ2) is 24.0. The molecule has 15 rings (SSSR count). The Bertz CT molecular complexity index is 4090. The number of amides is 5. The predicted octanol–water partition coefficient (Wildman–Crippen LogP) is 14.0. The third-order valence-corrected chi connectivity index (χ3v) is 19.3. The van der Waals surface area contributed by atoms with Gasteiger partial charge in [0.15, 0.2) is 0 Å². The lowest BCUT2D eigenvalue weighted by molar-refractivity contribution is -0.134. The molecule has 8 aliphatic heterocycles. The lowest BCUT2D eigenvalue weighted by Crippen LogP contribution is -2.53. The number of carbonyl (C=O) groups excluding carboxylic acids is 5. The number of allylic oxidation sites excluding steroid dienone is 2. The second-order valence-corrected chi connectivity index (χ2v) is 24.8. The highest BCUT2D eigenvalue weighted by Gasteiger charge is 2.57. The minimum Gasteiger partial charge on any atom is -0.494 e. The summed E-state index contributed by atoms with van der Waals surface area (Å²) in [5, 5.41) is 0. The second-order valence-electron chi connectivity index (χ2n) is 24.8. The largest absolute Gasteiger partial charge is 0.494 e. The number of carbonyl (C=O) groups is 5. The van der Waals surface area contributed by atoms with E-state index in [1.54, 1.807) is 9.80 Å². The Balaban J connectivity index is 0.000000118. The van der Waals surface area contributed by atoms with Crippen LogP contribution in [-0.4, -0.2) is 68.5 Å². The minimum absolute atomic E-state index is 0.0750. The van der Waals surface area contributed by atoms with Gasteiger partial charge in [0.25, 0.3) is 0 Å². The van der Waals surface area contributed by atoms with Crippen LogP contribution in [0.1, 0.15) is 93.5 Å². The lowest BCUT2D eigenvalue weighted by Gasteiger charge is -2.40. The molecule has 90 heavy (non-hydrogen) atoms. The molecule has 7 aromatic rings. The predicted molar refractivity (Wildman–Crippen MR) is 352 cm³/mol. The Morgan fingerprint density at radius 1 is 0.422 bits per heavy atom. The molecule has 13 nitrogen and oxygen atoms in total. The van der Waals surface area contributed by atoms with Gasteiger partial charge >= 0.3 is 0 Å². The Labute approximate surface area is 527 Å². The van der Waals surface area contributed by atoms with Gasteiger partial charge in [-0.05, 0) is 144 Å². The fourth-order valence-corrected chi connectivity index (χ4v) is 14.7. The molecule has 13 heteroatoms. The van der Waals surface area contributed by atoms with E-state index in [0.29, 0.717) is 31.5 Å². The highest BCUT2D eigenvalue weighted by Crippen LogP contribution is 2.55. The van der Waals surface area contributed by atoms with Crippen LogP contribution in [0.4, 0.5) is 22.7 Å². The summed E-state index contributed by atoms with van der Waals surface area (Å²) in [6, 6.07) is 62.0. The van der Waals surface area contributed by atoms with Crippen molar-refractivity contribution in [2.75, 3.05) is 40.2 Å². The molecule has 8 aliphatic rings. The quantitative estimate of drug-likeness (QED) is 0.169. The monoisotopic (exact) mass is 1200 g/mol. The number of rotatable bonds is 4. The molecular formula is C77H76N4O9. The first kappa shape index (κ1) is 60.5. The Hall–Kier alpha value is -9.75. The van der Waals surface area contributed by atoms with Gasteiger partial charge in [-0.25, -0.2) is 4.90 Å². The van der Waals surface area contributed by atoms with Crippen LogP contribution < -0.4 is 19.6 Å². The number of para-hydroxylation sites is 4. The summed E-state index contributed by atoms with van der Waals surface area (Å²) < 4.78 is 24.0. The summed E-state index contributed by atoms with van der Waals surface area (Å²) in [6.45, 7) is 13.8. The van der Waals surface area contributed by atoms with Gasteiger partial charge in [-0.15, -0.1) is 0 Å². The number of hydrogen-bond acceptors (Lipinski definition) is 9. The summed E-state index contributed by atoms with van der Waals surface area (Å²) in [5.74, 6) is 3.08. The summed E-state index contributed by atoms with van der Waals surface area (Å²) in [7, 11) is 3.71. The zero-order valence-corrected chi connectivity index (χ0v) is 52.5. The van der Waals surface area contributed by atoms with Gasteiger partial charge in [-0.1, -0.05) is 164 Å². The Kier molecular flexibility index (Phi) is 16.1. The number of imide groups is 1. The van der Waals surface area contributed by atoms with Crippen molar-refractivity contribution in [3.8, 4) is 0 Å². The van der Waals surface area contributed by atoms with E-state index in [0.717, 1.165) is 68.8 Å². The molecule has 0 saturated carbocycles. The maximum absolute atomic E-state index is 13.7. The molecule has 0 bridgehead atoms. The van der Waals surface area contributed by atoms with Crippen LogP contribution in [0.5, 0.6) is 0 Å². The van der Waals surface area contributed by atoms with Gasteiger partial charge in [0.05, 0.1) is 17.2 Å². The van der Waals surface area contributed by atoms with Crippen molar-refractivity contribution >= 4 is 63.8 Å². The number of anilines is 4. The van der Waals surface area contributed by atoms with Crippen LogP contribution in [0.25, 0.3) is 11.5 Å². The van der Waals surface area contributed by atoms with Crippen molar-refractivity contribution in [3.63, 3.8) is 0 Å². The van der Waals surface area contributed by atoms with Crippen molar-refractivity contribution < 1.29 is 42.9 Å². The third-order valence-electron chi connectivity index (χ3n) is 19.3. The van der Waals surface area contributed by atoms with Crippen LogP contribution >= 0.6 is 0 Å². The zero-order valence-electron chi connectivity index (χ0n) is 52.5. The number of fused-ring (bicyclic) bond motifs is 4. The third kappa shape index (κ3) is 10.4. The lowest BCUT2D eigenvalue weighted by atomic mass is 9.71. The summed E-state index contributed by atoms with van der Waals surface area (Å²) >= 11 is 0. The smallest absolute Gasteiger partial charge is 0.248 e. The number of nitrogens with zero attached hydrogens (tertiary/aromatic N) is 4. The molecular weight excluding hydrogens is 1120 g/mol. The Morgan fingerprint density at radius 3 is 1.24 bits per heavy atom. The van der Waals surface area contributed by atoms with Crippen molar-refractivity contribution in [2.24, 2.45) is 21.7 Å². The van der Waals surface area contributed by atoms with Crippen molar-refractivity contribution in [1.82, 2.24) is 0 Å². The van der Waals surface area contributed by atoms with E-state index in [-0.39, 0.29) is 54.0 Å². The molecule has 8 heterocycles. The molecule has 0 fully saturated rings. The van der Waals surface area contributed by atoms with Crippen LogP contribution in [0.3, 0.4) is 0 Å². The maximum Gasteiger partial charge on any atom is 0.248 e. The molecule has 8 atom stereocenters. The maximum atomic E-state index is 13.7. The van der Waals surface area contributed by atoms with E-state index in [9.17, 15) is 24.0 Å². The highest BCUT2D eigenvalue weighted by atomic mass is 16.5. The molecule has 0 aromatic heterocycles. The van der Waals surface area contributed by atoms with E-state index in [2.05, 4.69) is 24.3 Å². The van der Waals surface area contributed by atoms with Gasteiger partial charge in [0, 0.05) is 55.8 Å². The summed E-state index contributed by atoms with van der Waals surface area (Å²) in [4.78, 5) is 71.2. The molecule has 0 radical (unpaired) electrons. The van der Waals surface area contributed by atoms with E-state index in [4.69, 9.17) is 18.9 Å². The van der Waals surface area contributed by atoms with Crippen molar-refractivity contribution in [2.45, 2.75) is 98.6 Å². The zero-order chi connectivity index (χ0) is 63.3. The van der Waals surface area contributed by atoms with E-state index >= 15 is 0 Å². The van der Waals surface area contributed by atoms with Crippen LogP contribution in [0.2, 0.25) is 0 Å². The van der Waals surface area contributed by atoms with Gasteiger partial charge in [0.1, 0.15) is 57.6 Å². The normalized spacial score (nSPS) is 26.3. The van der Waals surface area contributed by atoms with Gasteiger partial charge in [0.2, 0.25) is 29.5 Å². The summed E-state index contributed by atoms with van der Waals surface area (Å²) in [5.41, 5.74) is 8.69. The number of ether oxygens (including phenoxy) is 4. The molecule has 0 N–H and O–H groups in total. The van der Waals surface area contributed by atoms with Crippen molar-refractivity contribution in [1.29, 1.82) is 0 Å². The summed E-state index contributed by atoms with van der Waals surface area (Å²) in [6.07, 6.45) is 9.69. The molecule has 8 unspecified atom stereocenters. The van der Waals surface area contributed by atoms with Crippen molar-refractivity contribution in [3.05, 3.63) is 263 Å².